The van der Waals surface area contributed by atoms with E-state index in [4.69, 9.17) is 0 Å². The highest BCUT2D eigenvalue weighted by Gasteiger charge is 2.32. The van der Waals surface area contributed by atoms with Gasteiger partial charge in [-0.1, -0.05) is 35.2 Å². The molecule has 0 heterocycles. The van der Waals surface area contributed by atoms with E-state index in [9.17, 15) is 0 Å². The highest BCUT2D eigenvalue weighted by molar-refractivity contribution is 9.09. The molecule has 0 amide bonds. The van der Waals surface area contributed by atoms with Crippen molar-refractivity contribution >= 4 is 15.9 Å². The Morgan fingerprint density at radius 1 is 0.900 bits per heavy atom. The monoisotopic (exact) mass is 202 g/mol. The molecule has 1 unspecified atom stereocenters. The molecule has 0 bridgehead atoms. The Bertz CT molecular complexity index is 122. The van der Waals surface area contributed by atoms with E-state index < -0.39 is 0 Å². The smallest absolute Gasteiger partial charge is 0.0148 e. The summed E-state index contributed by atoms with van der Waals surface area (Å²) in [6.07, 6.45) is 8.96. The molecule has 0 aromatic carbocycles. The van der Waals surface area contributed by atoms with Gasteiger partial charge in [0.25, 0.3) is 0 Å². The molecule has 58 valence electrons. The van der Waals surface area contributed by atoms with Crippen molar-refractivity contribution in [1.82, 2.24) is 0 Å². The fourth-order valence-electron chi connectivity index (χ4n) is 2.65. The molecule has 0 aromatic heterocycles. The van der Waals surface area contributed by atoms with E-state index in [2.05, 4.69) is 15.9 Å². The van der Waals surface area contributed by atoms with Crippen LogP contribution in [0.4, 0.5) is 0 Å². The van der Waals surface area contributed by atoms with Crippen LogP contribution in [0.15, 0.2) is 0 Å². The Morgan fingerprint density at radius 2 is 1.70 bits per heavy atom. The van der Waals surface area contributed by atoms with Gasteiger partial charge in [-0.2, -0.15) is 0 Å². The van der Waals surface area contributed by atoms with Crippen LogP contribution >= 0.6 is 15.9 Å². The lowest BCUT2D eigenvalue weighted by molar-refractivity contribution is 0.286. The molecule has 2 fully saturated rings. The first-order chi connectivity index (χ1) is 4.86. The van der Waals surface area contributed by atoms with Crippen molar-refractivity contribution in [3.63, 3.8) is 0 Å². The number of alkyl halides is 1. The number of hydrogen-bond acceptors (Lipinski definition) is 0. The van der Waals surface area contributed by atoms with E-state index in [0.717, 1.165) is 16.7 Å². The summed E-state index contributed by atoms with van der Waals surface area (Å²) in [5.41, 5.74) is 0. The second-order valence-electron chi connectivity index (χ2n) is 3.86. The molecule has 0 spiro atoms. The zero-order valence-corrected chi connectivity index (χ0v) is 7.94. The summed E-state index contributed by atoms with van der Waals surface area (Å²) in [5.74, 6) is 2.21. The van der Waals surface area contributed by atoms with Gasteiger partial charge in [-0.15, -0.1) is 0 Å². The van der Waals surface area contributed by atoms with Gasteiger partial charge in [0.05, 0.1) is 0 Å². The van der Waals surface area contributed by atoms with Crippen LogP contribution in [0.2, 0.25) is 0 Å². The van der Waals surface area contributed by atoms with Crippen LogP contribution in [-0.4, -0.2) is 4.83 Å². The maximum atomic E-state index is 3.72. The van der Waals surface area contributed by atoms with Crippen molar-refractivity contribution in [2.45, 2.75) is 43.4 Å². The number of rotatable bonds is 0. The molecule has 3 atom stereocenters. The second-order valence-corrected chi connectivity index (χ2v) is 5.16. The molecule has 2 aliphatic carbocycles. The Labute approximate surface area is 71.5 Å². The highest BCUT2D eigenvalue weighted by atomic mass is 79.9. The summed E-state index contributed by atoms with van der Waals surface area (Å²) in [5, 5.41) is 0. The van der Waals surface area contributed by atoms with E-state index in [1.807, 2.05) is 0 Å². The van der Waals surface area contributed by atoms with Crippen LogP contribution in [0.1, 0.15) is 38.5 Å². The number of halogens is 1. The van der Waals surface area contributed by atoms with Crippen molar-refractivity contribution in [2.24, 2.45) is 11.8 Å². The Balaban J connectivity index is 1.96. The Hall–Kier alpha value is 0.480. The van der Waals surface area contributed by atoms with Crippen LogP contribution < -0.4 is 0 Å². The molecule has 0 radical (unpaired) electrons. The number of fused-ring (bicyclic) bond motifs is 1. The topological polar surface area (TPSA) is 0 Å². The summed E-state index contributed by atoms with van der Waals surface area (Å²) in [4.78, 5) is 0.854. The molecule has 2 rings (SSSR count). The van der Waals surface area contributed by atoms with Gasteiger partial charge in [-0.05, 0) is 31.1 Å². The van der Waals surface area contributed by atoms with Crippen molar-refractivity contribution in [3.8, 4) is 0 Å². The zero-order valence-electron chi connectivity index (χ0n) is 6.35. The molecule has 0 nitrogen and oxygen atoms in total. The van der Waals surface area contributed by atoms with Gasteiger partial charge in [-0.3, -0.25) is 0 Å². The Morgan fingerprint density at radius 3 is 2.60 bits per heavy atom. The molecule has 0 N–H and O–H groups in total. The molecule has 1 heteroatoms. The third-order valence-electron chi connectivity index (χ3n) is 3.23. The van der Waals surface area contributed by atoms with Crippen LogP contribution in [0.25, 0.3) is 0 Å². The second kappa shape index (κ2) is 2.84. The van der Waals surface area contributed by atoms with E-state index in [0.29, 0.717) is 0 Å². The van der Waals surface area contributed by atoms with Crippen LogP contribution in [0.5, 0.6) is 0 Å². The standard InChI is InChI=1S/C9H15Br/c10-9-5-4-7-2-1-3-8(7)6-9/h7-9H,1-6H2/t7-,8+,9?/m0/s1. The highest BCUT2D eigenvalue weighted by Crippen LogP contribution is 2.43. The summed E-state index contributed by atoms with van der Waals surface area (Å²) in [6.45, 7) is 0. The van der Waals surface area contributed by atoms with Gasteiger partial charge in [0, 0.05) is 4.83 Å². The largest absolute Gasteiger partial charge is 0.0891 e. The molecular weight excluding hydrogens is 188 g/mol. The van der Waals surface area contributed by atoms with E-state index in [-0.39, 0.29) is 0 Å². The first-order valence-corrected chi connectivity index (χ1v) is 5.42. The average Bonchev–Trinajstić information content (AvgIpc) is 2.33. The predicted octanol–water partition coefficient (Wildman–Crippen LogP) is 3.35. The predicted molar refractivity (Wildman–Crippen MR) is 47.4 cm³/mol. The van der Waals surface area contributed by atoms with Crippen LogP contribution in [0, 0.1) is 11.8 Å². The fraction of sp³-hybridized carbons (Fsp3) is 1.00. The van der Waals surface area contributed by atoms with E-state index in [1.165, 1.54) is 38.5 Å². The van der Waals surface area contributed by atoms with E-state index in [1.54, 1.807) is 0 Å². The number of hydrogen-bond donors (Lipinski definition) is 0. The minimum Gasteiger partial charge on any atom is -0.0891 e. The van der Waals surface area contributed by atoms with Gasteiger partial charge < -0.3 is 0 Å². The van der Waals surface area contributed by atoms with Crippen molar-refractivity contribution in [2.75, 3.05) is 0 Å². The SMILES string of the molecule is BrC1CC[C@@H]2CCC[C@@H]2C1. The minimum atomic E-state index is 0.854. The van der Waals surface area contributed by atoms with Gasteiger partial charge in [0.1, 0.15) is 0 Å². The molecule has 2 saturated carbocycles. The maximum Gasteiger partial charge on any atom is 0.0148 e. The third-order valence-corrected chi connectivity index (χ3v) is 4.06. The molecular formula is C9H15Br. The van der Waals surface area contributed by atoms with Gasteiger partial charge in [0.2, 0.25) is 0 Å². The average molecular weight is 203 g/mol. The van der Waals surface area contributed by atoms with Crippen LogP contribution in [0.3, 0.4) is 0 Å². The molecule has 0 saturated heterocycles. The summed E-state index contributed by atoms with van der Waals surface area (Å²) in [7, 11) is 0. The lowest BCUT2D eigenvalue weighted by atomic mass is 9.82. The lowest BCUT2D eigenvalue weighted by Gasteiger charge is -2.28. The first-order valence-electron chi connectivity index (χ1n) is 4.50. The van der Waals surface area contributed by atoms with Gasteiger partial charge >= 0.3 is 0 Å². The lowest BCUT2D eigenvalue weighted by Crippen LogP contribution is -2.20. The molecule has 10 heavy (non-hydrogen) atoms. The van der Waals surface area contributed by atoms with Crippen LogP contribution in [-0.2, 0) is 0 Å². The third kappa shape index (κ3) is 1.25. The zero-order chi connectivity index (χ0) is 6.97. The van der Waals surface area contributed by atoms with Crippen molar-refractivity contribution in [3.05, 3.63) is 0 Å². The molecule has 0 aromatic rings. The quantitative estimate of drug-likeness (QED) is 0.529. The fourth-order valence-corrected chi connectivity index (χ4v) is 3.39. The summed E-state index contributed by atoms with van der Waals surface area (Å²) in [6, 6.07) is 0. The van der Waals surface area contributed by atoms with Crippen molar-refractivity contribution in [1.29, 1.82) is 0 Å². The van der Waals surface area contributed by atoms with E-state index >= 15 is 0 Å². The summed E-state index contributed by atoms with van der Waals surface area (Å²) >= 11 is 3.72. The normalized spacial score (nSPS) is 47.1. The first kappa shape index (κ1) is 7.15. The van der Waals surface area contributed by atoms with Crippen molar-refractivity contribution < 1.29 is 0 Å². The van der Waals surface area contributed by atoms with Gasteiger partial charge in [0.15, 0.2) is 0 Å². The maximum absolute atomic E-state index is 3.72. The molecule has 0 aliphatic heterocycles. The Kier molecular flexibility index (Phi) is 2.03. The van der Waals surface area contributed by atoms with Gasteiger partial charge in [-0.25, -0.2) is 0 Å². The minimum absolute atomic E-state index is 0.854. The molecule has 2 aliphatic rings. The summed E-state index contributed by atoms with van der Waals surface area (Å²) < 4.78 is 0.